The minimum Gasteiger partial charge on any atom is -0.354 e. The van der Waals surface area contributed by atoms with Crippen LogP contribution in [0.3, 0.4) is 0 Å². The van der Waals surface area contributed by atoms with Crippen molar-refractivity contribution in [2.45, 2.75) is 13.8 Å². The van der Waals surface area contributed by atoms with Crippen molar-refractivity contribution in [2.75, 3.05) is 7.05 Å². The maximum atomic E-state index is 11.6. The number of aryl methyl sites for hydroxylation is 2. The van der Waals surface area contributed by atoms with Gasteiger partial charge in [-0.05, 0) is 26.0 Å². The second-order valence-corrected chi connectivity index (χ2v) is 3.47. The van der Waals surface area contributed by atoms with Gasteiger partial charge in [-0.15, -0.1) is 0 Å². The molecule has 4 nitrogen and oxygen atoms in total. The zero-order valence-electron chi connectivity index (χ0n) is 9.03. The van der Waals surface area contributed by atoms with Gasteiger partial charge in [-0.2, -0.15) is 0 Å². The van der Waals surface area contributed by atoms with Gasteiger partial charge >= 0.3 is 0 Å². The number of carbonyl (C=O) groups is 1. The van der Waals surface area contributed by atoms with Crippen molar-refractivity contribution < 1.29 is 4.79 Å². The number of rotatable bonds is 1. The summed E-state index contributed by atoms with van der Waals surface area (Å²) in [5.41, 5.74) is 2.42. The summed E-state index contributed by atoms with van der Waals surface area (Å²) in [5.74, 6) is 0.688. The lowest BCUT2D eigenvalue weighted by atomic mass is 10.3. The standard InChI is InChI=1S/C11H13N3O/c1-7-5-4-6-9-10(11(15)12-3)13-8(2)14(7)9/h4-6H,1-3H3,(H,12,15). The third-order valence-electron chi connectivity index (χ3n) is 2.47. The first-order valence-electron chi connectivity index (χ1n) is 4.82. The summed E-state index contributed by atoms with van der Waals surface area (Å²) in [6.07, 6.45) is 0. The lowest BCUT2D eigenvalue weighted by molar-refractivity contribution is 0.0960. The van der Waals surface area contributed by atoms with Crippen LogP contribution >= 0.6 is 0 Å². The number of pyridine rings is 1. The van der Waals surface area contributed by atoms with Gasteiger partial charge in [0.1, 0.15) is 5.82 Å². The number of nitrogens with one attached hydrogen (secondary N) is 1. The van der Waals surface area contributed by atoms with Gasteiger partial charge in [0.15, 0.2) is 5.69 Å². The van der Waals surface area contributed by atoms with Gasteiger partial charge in [0.25, 0.3) is 5.91 Å². The predicted octanol–water partition coefficient (Wildman–Crippen LogP) is 1.31. The van der Waals surface area contributed by atoms with E-state index in [1.807, 2.05) is 36.4 Å². The monoisotopic (exact) mass is 203 g/mol. The van der Waals surface area contributed by atoms with Gasteiger partial charge in [-0.3, -0.25) is 4.79 Å². The summed E-state index contributed by atoms with van der Waals surface area (Å²) in [6.45, 7) is 3.89. The Kier molecular flexibility index (Phi) is 2.19. The van der Waals surface area contributed by atoms with E-state index in [0.717, 1.165) is 17.0 Å². The van der Waals surface area contributed by atoms with Crippen LogP contribution in [0.5, 0.6) is 0 Å². The maximum absolute atomic E-state index is 11.6. The van der Waals surface area contributed by atoms with Crippen molar-refractivity contribution in [1.82, 2.24) is 14.7 Å². The molecule has 0 aliphatic heterocycles. The highest BCUT2D eigenvalue weighted by Crippen LogP contribution is 2.14. The minimum atomic E-state index is -0.147. The first kappa shape index (κ1) is 9.71. The van der Waals surface area contributed by atoms with E-state index >= 15 is 0 Å². The summed E-state index contributed by atoms with van der Waals surface area (Å²) >= 11 is 0. The van der Waals surface area contributed by atoms with E-state index in [1.54, 1.807) is 7.05 Å². The van der Waals surface area contributed by atoms with Crippen LogP contribution < -0.4 is 5.32 Å². The quantitative estimate of drug-likeness (QED) is 0.759. The van der Waals surface area contributed by atoms with Crippen molar-refractivity contribution in [3.05, 3.63) is 35.4 Å². The van der Waals surface area contributed by atoms with Crippen LogP contribution in [0, 0.1) is 13.8 Å². The third-order valence-corrected chi connectivity index (χ3v) is 2.47. The smallest absolute Gasteiger partial charge is 0.271 e. The fourth-order valence-corrected chi connectivity index (χ4v) is 1.79. The van der Waals surface area contributed by atoms with Crippen molar-refractivity contribution >= 4 is 11.4 Å². The van der Waals surface area contributed by atoms with E-state index in [1.165, 1.54) is 0 Å². The number of carbonyl (C=O) groups excluding carboxylic acids is 1. The molecular formula is C11H13N3O. The molecule has 0 aromatic carbocycles. The van der Waals surface area contributed by atoms with Crippen molar-refractivity contribution in [3.63, 3.8) is 0 Å². The molecule has 1 N–H and O–H groups in total. The molecule has 0 aliphatic rings. The maximum Gasteiger partial charge on any atom is 0.271 e. The number of aromatic nitrogens is 2. The van der Waals surface area contributed by atoms with Gasteiger partial charge in [-0.25, -0.2) is 4.98 Å². The predicted molar refractivity (Wildman–Crippen MR) is 58.1 cm³/mol. The van der Waals surface area contributed by atoms with Gasteiger partial charge in [0.2, 0.25) is 0 Å². The first-order valence-corrected chi connectivity index (χ1v) is 4.82. The van der Waals surface area contributed by atoms with Crippen molar-refractivity contribution in [2.24, 2.45) is 0 Å². The second-order valence-electron chi connectivity index (χ2n) is 3.47. The van der Waals surface area contributed by atoms with Crippen LogP contribution in [0.4, 0.5) is 0 Å². The highest BCUT2D eigenvalue weighted by atomic mass is 16.1. The number of nitrogens with zero attached hydrogens (tertiary/aromatic N) is 2. The van der Waals surface area contributed by atoms with Gasteiger partial charge in [0.05, 0.1) is 5.52 Å². The molecule has 78 valence electrons. The lowest BCUT2D eigenvalue weighted by Crippen LogP contribution is -2.18. The fraction of sp³-hybridized carbons (Fsp3) is 0.273. The van der Waals surface area contributed by atoms with Gasteiger partial charge in [0, 0.05) is 12.7 Å². The minimum absolute atomic E-state index is 0.147. The van der Waals surface area contributed by atoms with E-state index in [0.29, 0.717) is 5.69 Å². The molecule has 1 amide bonds. The van der Waals surface area contributed by atoms with Crippen LogP contribution in [0.15, 0.2) is 18.2 Å². The molecule has 0 bridgehead atoms. The molecule has 0 fully saturated rings. The van der Waals surface area contributed by atoms with Gasteiger partial charge < -0.3 is 9.72 Å². The SMILES string of the molecule is CNC(=O)c1nc(C)n2c(C)cccc12. The Morgan fingerprint density at radius 2 is 2.13 bits per heavy atom. The number of imidazole rings is 1. The van der Waals surface area contributed by atoms with Crippen LogP contribution in [-0.2, 0) is 0 Å². The van der Waals surface area contributed by atoms with Crippen LogP contribution in [0.2, 0.25) is 0 Å². The Labute approximate surface area is 87.9 Å². The molecule has 2 aromatic heterocycles. The molecule has 0 unspecified atom stereocenters. The summed E-state index contributed by atoms with van der Waals surface area (Å²) in [5, 5.41) is 2.59. The Morgan fingerprint density at radius 1 is 1.40 bits per heavy atom. The summed E-state index contributed by atoms with van der Waals surface area (Å²) in [7, 11) is 1.61. The third kappa shape index (κ3) is 1.38. The molecule has 0 saturated heterocycles. The Hall–Kier alpha value is -1.84. The van der Waals surface area contributed by atoms with Crippen LogP contribution in [0.25, 0.3) is 5.52 Å². The average molecular weight is 203 g/mol. The zero-order chi connectivity index (χ0) is 11.0. The normalized spacial score (nSPS) is 10.6. The van der Waals surface area contributed by atoms with Crippen LogP contribution in [-0.4, -0.2) is 22.3 Å². The molecule has 2 aromatic rings. The number of hydrogen-bond donors (Lipinski definition) is 1. The van der Waals surface area contributed by atoms with E-state index in [2.05, 4.69) is 10.3 Å². The second kappa shape index (κ2) is 3.38. The molecule has 0 radical (unpaired) electrons. The molecule has 15 heavy (non-hydrogen) atoms. The Morgan fingerprint density at radius 3 is 2.80 bits per heavy atom. The average Bonchev–Trinajstić information content (AvgIpc) is 2.56. The number of amides is 1. The summed E-state index contributed by atoms with van der Waals surface area (Å²) in [4.78, 5) is 15.8. The van der Waals surface area contributed by atoms with Crippen molar-refractivity contribution in [1.29, 1.82) is 0 Å². The molecular weight excluding hydrogens is 190 g/mol. The molecule has 0 saturated carbocycles. The fourth-order valence-electron chi connectivity index (χ4n) is 1.79. The van der Waals surface area contributed by atoms with Crippen molar-refractivity contribution in [3.8, 4) is 0 Å². The van der Waals surface area contributed by atoms with Crippen LogP contribution in [0.1, 0.15) is 22.0 Å². The topological polar surface area (TPSA) is 46.4 Å². The van der Waals surface area contributed by atoms with E-state index in [-0.39, 0.29) is 5.91 Å². The first-order chi connectivity index (χ1) is 7.15. The molecule has 0 spiro atoms. The molecule has 2 rings (SSSR count). The largest absolute Gasteiger partial charge is 0.354 e. The van der Waals surface area contributed by atoms with E-state index < -0.39 is 0 Å². The highest BCUT2D eigenvalue weighted by molar-refractivity contribution is 5.99. The Balaban J connectivity index is 2.79. The molecule has 0 aliphatic carbocycles. The molecule has 0 atom stereocenters. The molecule has 4 heteroatoms. The molecule has 2 heterocycles. The number of hydrogen-bond acceptors (Lipinski definition) is 2. The number of fused-ring (bicyclic) bond motifs is 1. The summed E-state index contributed by atoms with van der Waals surface area (Å²) < 4.78 is 1.98. The zero-order valence-corrected chi connectivity index (χ0v) is 9.03. The summed E-state index contributed by atoms with van der Waals surface area (Å²) in [6, 6.07) is 5.82. The Bertz CT molecular complexity index is 528. The highest BCUT2D eigenvalue weighted by Gasteiger charge is 2.14. The van der Waals surface area contributed by atoms with E-state index in [4.69, 9.17) is 0 Å². The van der Waals surface area contributed by atoms with E-state index in [9.17, 15) is 4.79 Å². The lowest BCUT2D eigenvalue weighted by Gasteiger charge is -2.01. The van der Waals surface area contributed by atoms with Gasteiger partial charge in [-0.1, -0.05) is 6.07 Å².